The number of anilines is 1. The lowest BCUT2D eigenvalue weighted by Gasteiger charge is -2.27. The molecule has 0 saturated carbocycles. The fourth-order valence-corrected chi connectivity index (χ4v) is 3.52. The molecular formula is C14H19N3O2S. The molecule has 2 aromatic rings. The lowest BCUT2D eigenvalue weighted by Crippen LogP contribution is -2.31. The molecule has 0 fully saturated rings. The summed E-state index contributed by atoms with van der Waals surface area (Å²) in [5.74, 6) is -0.0772. The van der Waals surface area contributed by atoms with Crippen LogP contribution in [-0.4, -0.2) is 34.1 Å². The average Bonchev–Trinajstić information content (AvgIpc) is 2.78. The van der Waals surface area contributed by atoms with Gasteiger partial charge < -0.3 is 10.0 Å². The quantitative estimate of drug-likeness (QED) is 0.916. The van der Waals surface area contributed by atoms with Gasteiger partial charge in [0.2, 0.25) is 0 Å². The largest absolute Gasteiger partial charge is 0.477 e. The molecule has 0 atom stereocenters. The maximum atomic E-state index is 11.3. The van der Waals surface area contributed by atoms with Crippen molar-refractivity contribution in [3.63, 3.8) is 0 Å². The van der Waals surface area contributed by atoms with Crippen LogP contribution in [0.5, 0.6) is 0 Å². The Morgan fingerprint density at radius 3 is 2.60 bits per heavy atom. The monoisotopic (exact) mass is 293 g/mol. The van der Waals surface area contributed by atoms with E-state index in [1.807, 2.05) is 14.0 Å². The fraction of sp³-hybridized carbons (Fsp3) is 0.500. The van der Waals surface area contributed by atoms with Crippen LogP contribution in [0.4, 0.5) is 5.82 Å². The normalized spacial score (nSPS) is 11.2. The summed E-state index contributed by atoms with van der Waals surface area (Å²) in [4.78, 5) is 23.1. The summed E-state index contributed by atoms with van der Waals surface area (Å²) in [5.41, 5.74) is 0.755. The lowest BCUT2D eigenvalue weighted by atomic mass is 10.1. The van der Waals surface area contributed by atoms with Gasteiger partial charge in [-0.2, -0.15) is 0 Å². The van der Waals surface area contributed by atoms with E-state index in [1.165, 1.54) is 17.7 Å². The predicted molar refractivity (Wildman–Crippen MR) is 81.9 cm³/mol. The Bertz CT molecular complexity index is 635. The minimum Gasteiger partial charge on any atom is -0.477 e. The zero-order valence-corrected chi connectivity index (χ0v) is 13.0. The average molecular weight is 293 g/mol. The van der Waals surface area contributed by atoms with Crippen LogP contribution in [0.15, 0.2) is 6.33 Å². The Kier molecular flexibility index (Phi) is 4.23. The smallest absolute Gasteiger partial charge is 0.346 e. The van der Waals surface area contributed by atoms with Crippen LogP contribution >= 0.6 is 11.3 Å². The Balaban J connectivity index is 2.62. The van der Waals surface area contributed by atoms with Crippen molar-refractivity contribution in [2.24, 2.45) is 0 Å². The molecule has 2 aromatic heterocycles. The lowest BCUT2D eigenvalue weighted by molar-refractivity contribution is 0.0701. The molecule has 0 aliphatic rings. The summed E-state index contributed by atoms with van der Waals surface area (Å²) >= 11 is 1.21. The van der Waals surface area contributed by atoms with Crippen LogP contribution in [0.25, 0.3) is 10.2 Å². The zero-order valence-electron chi connectivity index (χ0n) is 12.2. The van der Waals surface area contributed by atoms with Gasteiger partial charge in [-0.05, 0) is 25.3 Å². The summed E-state index contributed by atoms with van der Waals surface area (Å²) in [6.07, 6.45) is 3.55. The van der Waals surface area contributed by atoms with E-state index in [0.29, 0.717) is 10.9 Å². The van der Waals surface area contributed by atoms with Gasteiger partial charge in [0.05, 0.1) is 5.39 Å². The van der Waals surface area contributed by atoms with E-state index >= 15 is 0 Å². The molecule has 0 aromatic carbocycles. The molecule has 0 saturated heterocycles. The molecule has 1 N–H and O–H groups in total. The number of hydrogen-bond donors (Lipinski definition) is 1. The molecule has 5 nitrogen and oxygen atoms in total. The Morgan fingerprint density at radius 2 is 2.05 bits per heavy atom. The molecular weight excluding hydrogens is 274 g/mol. The van der Waals surface area contributed by atoms with Crippen molar-refractivity contribution in [1.29, 1.82) is 0 Å². The maximum absolute atomic E-state index is 11.3. The van der Waals surface area contributed by atoms with E-state index in [-0.39, 0.29) is 0 Å². The number of aryl methyl sites for hydroxylation is 1. The third-order valence-electron chi connectivity index (χ3n) is 3.73. The number of aromatic nitrogens is 2. The molecule has 20 heavy (non-hydrogen) atoms. The molecule has 0 aliphatic carbocycles. The summed E-state index contributed by atoms with van der Waals surface area (Å²) in [6.45, 7) is 6.12. The third-order valence-corrected chi connectivity index (χ3v) is 4.91. The number of carboxylic acids is 1. The molecule has 6 heteroatoms. The van der Waals surface area contributed by atoms with Gasteiger partial charge in [0.1, 0.15) is 21.9 Å². The number of carbonyl (C=O) groups is 1. The third kappa shape index (κ3) is 2.35. The predicted octanol–water partition coefficient (Wildman–Crippen LogP) is 3.32. The summed E-state index contributed by atoms with van der Waals surface area (Å²) in [5, 5.41) is 10.1. The van der Waals surface area contributed by atoms with Gasteiger partial charge in [0.15, 0.2) is 0 Å². The molecule has 2 rings (SSSR count). The molecule has 0 radical (unpaired) electrons. The highest BCUT2D eigenvalue weighted by Crippen LogP contribution is 2.35. The van der Waals surface area contributed by atoms with E-state index in [0.717, 1.165) is 34.4 Å². The zero-order chi connectivity index (χ0) is 14.9. The van der Waals surface area contributed by atoms with Crippen LogP contribution in [0.2, 0.25) is 0 Å². The van der Waals surface area contributed by atoms with Gasteiger partial charge in [0.25, 0.3) is 0 Å². The molecule has 0 amide bonds. The number of aromatic carboxylic acids is 1. The highest BCUT2D eigenvalue weighted by Gasteiger charge is 2.22. The minimum absolute atomic E-state index is 0.347. The van der Waals surface area contributed by atoms with Gasteiger partial charge in [-0.15, -0.1) is 11.3 Å². The first-order valence-electron chi connectivity index (χ1n) is 6.71. The SMILES string of the molecule is CCC(CC)N(C)c1ncnc2sc(C(=O)O)c(C)c12. The summed E-state index contributed by atoms with van der Waals surface area (Å²) in [7, 11) is 2.01. The van der Waals surface area contributed by atoms with Gasteiger partial charge in [-0.3, -0.25) is 0 Å². The molecule has 0 aliphatic heterocycles. The number of carboxylic acid groups (broad SMARTS) is 1. The van der Waals surface area contributed by atoms with E-state index in [4.69, 9.17) is 0 Å². The number of thiophene rings is 1. The molecule has 0 spiro atoms. The second kappa shape index (κ2) is 5.75. The molecule has 0 bridgehead atoms. The van der Waals surface area contributed by atoms with Crippen LogP contribution in [0, 0.1) is 6.92 Å². The second-order valence-corrected chi connectivity index (χ2v) is 5.82. The van der Waals surface area contributed by atoms with Crippen molar-refractivity contribution in [1.82, 2.24) is 9.97 Å². The van der Waals surface area contributed by atoms with E-state index < -0.39 is 5.97 Å². The molecule has 2 heterocycles. The maximum Gasteiger partial charge on any atom is 0.346 e. The second-order valence-electron chi connectivity index (χ2n) is 4.82. The summed E-state index contributed by atoms with van der Waals surface area (Å²) in [6, 6.07) is 0.390. The van der Waals surface area contributed by atoms with E-state index in [1.54, 1.807) is 0 Å². The first-order chi connectivity index (χ1) is 9.51. The van der Waals surface area contributed by atoms with E-state index in [2.05, 4.69) is 28.7 Å². The molecule has 108 valence electrons. The summed E-state index contributed by atoms with van der Waals surface area (Å²) < 4.78 is 0. The first-order valence-corrected chi connectivity index (χ1v) is 7.53. The van der Waals surface area contributed by atoms with Crippen molar-refractivity contribution in [2.75, 3.05) is 11.9 Å². The highest BCUT2D eigenvalue weighted by molar-refractivity contribution is 7.20. The van der Waals surface area contributed by atoms with Crippen molar-refractivity contribution >= 4 is 33.3 Å². The Labute approximate surface area is 122 Å². The number of fused-ring (bicyclic) bond motifs is 1. The van der Waals surface area contributed by atoms with Gasteiger partial charge in [0, 0.05) is 13.1 Å². The van der Waals surface area contributed by atoms with Crippen LogP contribution in [0.3, 0.4) is 0 Å². The number of rotatable bonds is 5. The van der Waals surface area contributed by atoms with Crippen molar-refractivity contribution < 1.29 is 9.90 Å². The van der Waals surface area contributed by atoms with Gasteiger partial charge in [-0.25, -0.2) is 14.8 Å². The standard InChI is InChI=1S/C14H19N3O2S/c1-5-9(6-2)17(4)12-10-8(3)11(14(18)19)20-13(10)16-7-15-12/h7,9H,5-6H2,1-4H3,(H,18,19). The topological polar surface area (TPSA) is 66.3 Å². The van der Waals surface area contributed by atoms with Crippen molar-refractivity contribution in [3.8, 4) is 0 Å². The highest BCUT2D eigenvalue weighted by atomic mass is 32.1. The number of hydrogen-bond acceptors (Lipinski definition) is 5. The minimum atomic E-state index is -0.901. The number of nitrogens with zero attached hydrogens (tertiary/aromatic N) is 3. The first kappa shape index (κ1) is 14.7. The Hall–Kier alpha value is -1.69. The van der Waals surface area contributed by atoms with Crippen LogP contribution in [0.1, 0.15) is 41.9 Å². The van der Waals surface area contributed by atoms with Gasteiger partial charge in [-0.1, -0.05) is 13.8 Å². The fourth-order valence-electron chi connectivity index (χ4n) is 2.53. The molecule has 0 unspecified atom stereocenters. The van der Waals surface area contributed by atoms with E-state index in [9.17, 15) is 9.90 Å². The van der Waals surface area contributed by atoms with Crippen LogP contribution in [-0.2, 0) is 0 Å². The Morgan fingerprint density at radius 1 is 1.40 bits per heavy atom. The van der Waals surface area contributed by atoms with Crippen molar-refractivity contribution in [3.05, 3.63) is 16.8 Å². The van der Waals surface area contributed by atoms with Gasteiger partial charge >= 0.3 is 5.97 Å². The van der Waals surface area contributed by atoms with Crippen molar-refractivity contribution in [2.45, 2.75) is 39.7 Å². The van der Waals surface area contributed by atoms with Crippen LogP contribution < -0.4 is 4.90 Å².